The standard InChI is InChI=1S/C14H18N2O4S/c1-10-8-12(21-11(10)4-3-6-17)14(19)16-9-13(18)15-5-7-20-2/h8,17H,5-7,9H2,1-2H3,(H,15,18)(H,16,19). The van der Waals surface area contributed by atoms with Gasteiger partial charge in [-0.2, -0.15) is 0 Å². The lowest BCUT2D eigenvalue weighted by Crippen LogP contribution is -2.37. The van der Waals surface area contributed by atoms with Gasteiger partial charge >= 0.3 is 0 Å². The minimum absolute atomic E-state index is 0.0862. The molecule has 1 heterocycles. The summed E-state index contributed by atoms with van der Waals surface area (Å²) in [4.78, 5) is 24.6. The van der Waals surface area contributed by atoms with Gasteiger partial charge in [0.2, 0.25) is 5.91 Å². The van der Waals surface area contributed by atoms with Crippen molar-refractivity contribution in [1.29, 1.82) is 0 Å². The van der Waals surface area contributed by atoms with E-state index in [4.69, 9.17) is 9.84 Å². The minimum Gasteiger partial charge on any atom is -0.384 e. The average Bonchev–Trinajstić information content (AvgIpc) is 2.84. The third-order valence-electron chi connectivity index (χ3n) is 2.46. The summed E-state index contributed by atoms with van der Waals surface area (Å²) < 4.78 is 4.80. The monoisotopic (exact) mass is 310 g/mol. The first-order chi connectivity index (χ1) is 10.1. The van der Waals surface area contributed by atoms with Crippen LogP contribution in [0.3, 0.4) is 0 Å². The van der Waals surface area contributed by atoms with Crippen molar-refractivity contribution in [1.82, 2.24) is 10.6 Å². The molecule has 0 aliphatic heterocycles. The Kier molecular flexibility index (Phi) is 7.46. The van der Waals surface area contributed by atoms with E-state index in [2.05, 4.69) is 22.5 Å². The molecule has 0 atom stereocenters. The van der Waals surface area contributed by atoms with Gasteiger partial charge in [-0.25, -0.2) is 0 Å². The molecule has 3 N–H and O–H groups in total. The van der Waals surface area contributed by atoms with Crippen LogP contribution in [0.1, 0.15) is 20.1 Å². The zero-order valence-corrected chi connectivity index (χ0v) is 12.8. The Hall–Kier alpha value is -1.88. The number of carbonyl (C=O) groups excluding carboxylic acids is 2. The number of aliphatic hydroxyl groups excluding tert-OH is 1. The summed E-state index contributed by atoms with van der Waals surface area (Å²) in [5.41, 5.74) is 0.871. The predicted molar refractivity (Wildman–Crippen MR) is 80.2 cm³/mol. The van der Waals surface area contributed by atoms with E-state index in [9.17, 15) is 9.59 Å². The van der Waals surface area contributed by atoms with Gasteiger partial charge < -0.3 is 20.5 Å². The molecule has 114 valence electrons. The van der Waals surface area contributed by atoms with E-state index in [0.29, 0.717) is 18.0 Å². The van der Waals surface area contributed by atoms with Gasteiger partial charge in [0.1, 0.15) is 6.61 Å². The molecule has 1 aromatic heterocycles. The van der Waals surface area contributed by atoms with Crippen molar-refractivity contribution < 1.29 is 19.4 Å². The first-order valence-corrected chi connectivity index (χ1v) is 7.14. The first-order valence-electron chi connectivity index (χ1n) is 6.32. The first kappa shape index (κ1) is 17.2. The second-order valence-electron chi connectivity index (χ2n) is 4.11. The van der Waals surface area contributed by atoms with Crippen LogP contribution in [0.15, 0.2) is 6.07 Å². The summed E-state index contributed by atoms with van der Waals surface area (Å²) >= 11 is 1.23. The molecule has 0 bridgehead atoms. The number of amides is 2. The van der Waals surface area contributed by atoms with E-state index < -0.39 is 0 Å². The number of aliphatic hydroxyl groups is 1. The highest BCUT2D eigenvalue weighted by atomic mass is 32.1. The summed E-state index contributed by atoms with van der Waals surface area (Å²) in [6.45, 7) is 2.37. The molecule has 2 amide bonds. The lowest BCUT2D eigenvalue weighted by atomic mass is 10.2. The molecule has 0 aliphatic carbocycles. The van der Waals surface area contributed by atoms with Gasteiger partial charge in [0.25, 0.3) is 5.91 Å². The van der Waals surface area contributed by atoms with Crippen LogP contribution in [0.4, 0.5) is 0 Å². The van der Waals surface area contributed by atoms with Crippen LogP contribution in [0.2, 0.25) is 0 Å². The number of aryl methyl sites for hydroxylation is 1. The molecular formula is C14H18N2O4S. The Morgan fingerprint density at radius 1 is 1.43 bits per heavy atom. The normalized spacial score (nSPS) is 9.67. The number of carbonyl (C=O) groups is 2. The number of thiophene rings is 1. The summed E-state index contributed by atoms with van der Waals surface area (Å²) in [5, 5.41) is 13.8. The number of rotatable bonds is 6. The minimum atomic E-state index is -0.318. The zero-order chi connectivity index (χ0) is 15.7. The molecule has 0 saturated heterocycles. The Morgan fingerprint density at radius 3 is 2.86 bits per heavy atom. The van der Waals surface area contributed by atoms with Crippen molar-refractivity contribution in [2.24, 2.45) is 0 Å². The van der Waals surface area contributed by atoms with Crippen molar-refractivity contribution in [3.63, 3.8) is 0 Å². The lowest BCUT2D eigenvalue weighted by molar-refractivity contribution is -0.120. The molecule has 1 aromatic rings. The fourth-order valence-corrected chi connectivity index (χ4v) is 2.40. The van der Waals surface area contributed by atoms with Gasteiger partial charge in [-0.15, -0.1) is 11.3 Å². The molecule has 21 heavy (non-hydrogen) atoms. The highest BCUT2D eigenvalue weighted by molar-refractivity contribution is 7.14. The smallest absolute Gasteiger partial charge is 0.261 e. The third kappa shape index (κ3) is 5.95. The molecule has 0 unspecified atom stereocenters. The molecule has 0 spiro atoms. The molecule has 0 saturated carbocycles. The third-order valence-corrected chi connectivity index (χ3v) is 3.61. The number of hydrogen-bond donors (Lipinski definition) is 3. The highest BCUT2D eigenvalue weighted by Gasteiger charge is 2.12. The fourth-order valence-electron chi connectivity index (χ4n) is 1.44. The summed E-state index contributed by atoms with van der Waals surface area (Å²) in [5.74, 6) is 4.74. The Labute approximate surface area is 127 Å². The molecule has 0 aromatic carbocycles. The van der Waals surface area contributed by atoms with Crippen LogP contribution in [0, 0.1) is 18.8 Å². The van der Waals surface area contributed by atoms with Crippen molar-refractivity contribution >= 4 is 23.2 Å². The van der Waals surface area contributed by atoms with E-state index >= 15 is 0 Å². The topological polar surface area (TPSA) is 87.7 Å². The number of nitrogens with one attached hydrogen (secondary N) is 2. The number of hydrogen-bond acceptors (Lipinski definition) is 5. The fraction of sp³-hybridized carbons (Fsp3) is 0.429. The molecule has 0 radical (unpaired) electrons. The maximum absolute atomic E-state index is 11.9. The van der Waals surface area contributed by atoms with Gasteiger partial charge in [0.15, 0.2) is 0 Å². The lowest BCUT2D eigenvalue weighted by Gasteiger charge is -2.05. The van der Waals surface area contributed by atoms with Crippen molar-refractivity contribution in [2.45, 2.75) is 6.92 Å². The van der Waals surface area contributed by atoms with Crippen LogP contribution < -0.4 is 10.6 Å². The predicted octanol–water partition coefficient (Wildman–Crippen LogP) is -0.107. The van der Waals surface area contributed by atoms with Gasteiger partial charge in [0, 0.05) is 13.7 Å². The van der Waals surface area contributed by atoms with E-state index in [1.54, 1.807) is 13.2 Å². The summed E-state index contributed by atoms with van der Waals surface area (Å²) in [7, 11) is 1.55. The SMILES string of the molecule is COCCNC(=O)CNC(=O)c1cc(C)c(C#CCO)s1. The highest BCUT2D eigenvalue weighted by Crippen LogP contribution is 2.20. The van der Waals surface area contributed by atoms with Crippen LogP contribution >= 0.6 is 11.3 Å². The second kappa shape index (κ2) is 9.13. The van der Waals surface area contributed by atoms with Crippen LogP contribution in [-0.4, -0.2) is 50.3 Å². The van der Waals surface area contributed by atoms with Gasteiger partial charge in [-0.05, 0) is 18.6 Å². The van der Waals surface area contributed by atoms with Gasteiger partial charge in [0.05, 0.1) is 22.9 Å². The Morgan fingerprint density at radius 2 is 2.19 bits per heavy atom. The molecule has 0 fully saturated rings. The van der Waals surface area contributed by atoms with Gasteiger partial charge in [-0.3, -0.25) is 9.59 Å². The summed E-state index contributed by atoms with van der Waals surface area (Å²) in [6, 6.07) is 1.71. The maximum atomic E-state index is 11.9. The molecule has 6 nitrogen and oxygen atoms in total. The zero-order valence-electron chi connectivity index (χ0n) is 12.0. The van der Waals surface area contributed by atoms with Gasteiger partial charge in [-0.1, -0.05) is 11.8 Å². The van der Waals surface area contributed by atoms with E-state index in [0.717, 1.165) is 10.4 Å². The van der Waals surface area contributed by atoms with Crippen molar-refractivity contribution in [3.05, 3.63) is 21.4 Å². The van der Waals surface area contributed by atoms with Crippen molar-refractivity contribution in [3.8, 4) is 11.8 Å². The second-order valence-corrected chi connectivity index (χ2v) is 5.16. The number of ether oxygens (including phenoxy) is 1. The van der Waals surface area contributed by atoms with Crippen molar-refractivity contribution in [2.75, 3.05) is 33.4 Å². The number of methoxy groups -OCH3 is 1. The average molecular weight is 310 g/mol. The summed E-state index contributed by atoms with van der Waals surface area (Å²) in [6.07, 6.45) is 0. The molecule has 0 aliphatic rings. The van der Waals surface area contributed by atoms with E-state index in [1.165, 1.54) is 11.3 Å². The Balaban J connectivity index is 2.50. The van der Waals surface area contributed by atoms with E-state index in [-0.39, 0.29) is 25.0 Å². The molecule has 7 heteroatoms. The maximum Gasteiger partial charge on any atom is 0.261 e. The van der Waals surface area contributed by atoms with Crippen LogP contribution in [0.5, 0.6) is 0 Å². The Bertz CT molecular complexity index is 557. The molecule has 1 rings (SSSR count). The molecular weight excluding hydrogens is 292 g/mol. The van der Waals surface area contributed by atoms with Crippen LogP contribution in [-0.2, 0) is 9.53 Å². The van der Waals surface area contributed by atoms with Crippen LogP contribution in [0.25, 0.3) is 0 Å². The largest absolute Gasteiger partial charge is 0.384 e. The quantitative estimate of drug-likeness (QED) is 0.505. The van der Waals surface area contributed by atoms with E-state index in [1.807, 2.05) is 6.92 Å².